The largest absolute Gasteiger partial charge is 0.487 e. The zero-order chi connectivity index (χ0) is 29.5. The fourth-order valence-electron chi connectivity index (χ4n) is 3.87. The Kier molecular flexibility index (Phi) is 11.0. The maximum absolute atomic E-state index is 12.9. The van der Waals surface area contributed by atoms with E-state index >= 15 is 0 Å². The van der Waals surface area contributed by atoms with Crippen molar-refractivity contribution in [1.82, 2.24) is 15.3 Å². The number of nitrogens with zero attached hydrogens (tertiary/aromatic N) is 3. The molecule has 0 saturated heterocycles. The second-order valence-corrected chi connectivity index (χ2v) is 9.88. The molecule has 12 heteroatoms. The molecule has 2 aromatic carbocycles. The third kappa shape index (κ3) is 8.03. The van der Waals surface area contributed by atoms with Crippen molar-refractivity contribution in [3.8, 4) is 5.75 Å². The number of benzene rings is 2. The van der Waals surface area contributed by atoms with Crippen molar-refractivity contribution in [2.75, 3.05) is 23.8 Å². The number of aromatic nitrogens is 2. The molecule has 0 aliphatic heterocycles. The number of likely N-dealkylation sites (N-methyl/N-ethyl adjacent to an activating group) is 1. The summed E-state index contributed by atoms with van der Waals surface area (Å²) >= 11 is 13.1. The molecule has 42 heavy (non-hydrogen) atoms. The third-order valence-electron chi connectivity index (χ3n) is 6.03. The fourth-order valence-corrected chi connectivity index (χ4v) is 4.47. The fraction of sp³-hybridized carbons (Fsp3) is 0.167. The molecule has 0 atom stereocenters. The maximum atomic E-state index is 12.9. The maximum Gasteiger partial charge on any atom is 0.246 e. The number of hydrogen-bond donors (Lipinski definition) is 2. The minimum absolute atomic E-state index is 0. The summed E-state index contributed by atoms with van der Waals surface area (Å²) in [6, 6.07) is 16.2. The van der Waals surface area contributed by atoms with E-state index in [9.17, 15) is 14.4 Å². The Labute approximate surface area is 252 Å². The summed E-state index contributed by atoms with van der Waals surface area (Å²) < 4.78 is 6.06. The molecule has 4 rings (SSSR count). The summed E-state index contributed by atoms with van der Waals surface area (Å²) in [6.45, 7) is 3.10. The highest BCUT2D eigenvalue weighted by Crippen LogP contribution is 2.35. The van der Waals surface area contributed by atoms with E-state index < -0.39 is 11.8 Å². The van der Waals surface area contributed by atoms with Crippen LogP contribution in [0.1, 0.15) is 23.7 Å². The number of fused-ring (bicyclic) bond motifs is 1. The number of carbonyl (C=O) groups is 3. The zero-order valence-electron chi connectivity index (χ0n) is 23.1. The molecular weight excluding hydrogens is 581 g/mol. The second kappa shape index (κ2) is 14.4. The molecular formula is C30H29Cl2N5O5. The number of hydrogen-bond acceptors (Lipinski definition) is 6. The lowest BCUT2D eigenvalue weighted by Gasteiger charge is -2.21. The molecule has 0 unspecified atom stereocenters. The van der Waals surface area contributed by atoms with Gasteiger partial charge in [-0.25, -0.2) is 9.97 Å². The summed E-state index contributed by atoms with van der Waals surface area (Å²) in [6.07, 6.45) is 4.34. The quantitative estimate of drug-likeness (QED) is 0.262. The van der Waals surface area contributed by atoms with Crippen LogP contribution in [0.2, 0.25) is 10.0 Å². The van der Waals surface area contributed by atoms with Crippen molar-refractivity contribution in [3.05, 3.63) is 93.7 Å². The molecule has 10 nitrogen and oxygen atoms in total. The van der Waals surface area contributed by atoms with Crippen LogP contribution in [-0.2, 0) is 21.0 Å². The van der Waals surface area contributed by atoms with Gasteiger partial charge in [-0.05, 0) is 55.0 Å². The summed E-state index contributed by atoms with van der Waals surface area (Å²) in [5.41, 5.74) is 3.17. The number of nitrogens with one attached hydrogen (secondary N) is 2. The normalized spacial score (nSPS) is 10.7. The lowest BCUT2D eigenvalue weighted by molar-refractivity contribution is -0.122. The molecule has 4 N–H and O–H groups in total. The zero-order valence-corrected chi connectivity index (χ0v) is 24.6. The van der Waals surface area contributed by atoms with E-state index in [1.54, 1.807) is 37.4 Å². The van der Waals surface area contributed by atoms with Gasteiger partial charge in [0, 0.05) is 47.9 Å². The Morgan fingerprint density at radius 2 is 1.83 bits per heavy atom. The van der Waals surface area contributed by atoms with Crippen molar-refractivity contribution in [2.24, 2.45) is 0 Å². The number of aryl methyl sites for hydroxylation is 1. The standard InChI is InChI=1S/C30H27Cl2N5O4.H2O/c1-18-7-10-21-5-4-6-25(30(21)35-18)41-17-22-23(31)11-12-24(29(22)32)37(3)28(40)16-34-27(39)14-9-20-8-13-26(33-15-20)36-19(2)38;/h4-15H,16-17H2,1-3H3,(H,34,39)(H,33,36,38);1H2/b14-9+;. The number of pyridine rings is 2. The van der Waals surface area contributed by atoms with Crippen LogP contribution in [0.4, 0.5) is 11.5 Å². The second-order valence-electron chi connectivity index (χ2n) is 9.09. The van der Waals surface area contributed by atoms with Crippen LogP contribution in [0.25, 0.3) is 17.0 Å². The van der Waals surface area contributed by atoms with E-state index in [2.05, 4.69) is 20.6 Å². The first-order valence-electron chi connectivity index (χ1n) is 12.5. The highest BCUT2D eigenvalue weighted by molar-refractivity contribution is 6.38. The Hall–Kier alpha value is -4.51. The molecule has 0 saturated carbocycles. The van der Waals surface area contributed by atoms with Gasteiger partial charge in [-0.1, -0.05) is 41.4 Å². The molecule has 0 spiro atoms. The highest BCUT2D eigenvalue weighted by atomic mass is 35.5. The Bertz CT molecular complexity index is 1640. The van der Waals surface area contributed by atoms with E-state index in [1.165, 1.54) is 24.1 Å². The summed E-state index contributed by atoms with van der Waals surface area (Å²) in [5, 5.41) is 6.72. The number of halogens is 2. The van der Waals surface area contributed by atoms with Gasteiger partial charge in [0.05, 0.1) is 17.3 Å². The Morgan fingerprint density at radius 1 is 1.05 bits per heavy atom. The van der Waals surface area contributed by atoms with Gasteiger partial charge in [0.1, 0.15) is 23.7 Å². The number of rotatable bonds is 9. The molecule has 218 valence electrons. The van der Waals surface area contributed by atoms with Crippen LogP contribution < -0.4 is 20.3 Å². The summed E-state index contributed by atoms with van der Waals surface area (Å²) in [7, 11) is 1.56. The molecule has 2 heterocycles. The predicted octanol–water partition coefficient (Wildman–Crippen LogP) is 4.75. The van der Waals surface area contributed by atoms with Crippen LogP contribution in [-0.4, -0.2) is 46.8 Å². The van der Waals surface area contributed by atoms with E-state index in [0.717, 1.165) is 16.6 Å². The first kappa shape index (κ1) is 32.0. The van der Waals surface area contributed by atoms with E-state index in [-0.39, 0.29) is 29.6 Å². The average molecular weight is 610 g/mol. The highest BCUT2D eigenvalue weighted by Gasteiger charge is 2.19. The topological polar surface area (TPSA) is 145 Å². The number of ether oxygens (including phenoxy) is 1. The number of anilines is 2. The van der Waals surface area contributed by atoms with E-state index in [4.69, 9.17) is 27.9 Å². The number of carbonyl (C=O) groups excluding carboxylic acids is 3. The summed E-state index contributed by atoms with van der Waals surface area (Å²) in [5.74, 6) is -0.0917. The van der Waals surface area contributed by atoms with Gasteiger partial charge in [-0.15, -0.1) is 0 Å². The van der Waals surface area contributed by atoms with Crippen molar-refractivity contribution in [3.63, 3.8) is 0 Å². The van der Waals surface area contributed by atoms with Crippen molar-refractivity contribution in [1.29, 1.82) is 0 Å². The first-order chi connectivity index (χ1) is 19.6. The van der Waals surface area contributed by atoms with Gasteiger partial charge >= 0.3 is 0 Å². The minimum atomic E-state index is -0.465. The van der Waals surface area contributed by atoms with Crippen LogP contribution in [0, 0.1) is 6.92 Å². The van der Waals surface area contributed by atoms with Gasteiger partial charge in [0.2, 0.25) is 17.7 Å². The number of para-hydroxylation sites is 1. The van der Waals surface area contributed by atoms with Gasteiger partial charge in [-0.2, -0.15) is 0 Å². The Morgan fingerprint density at radius 3 is 2.55 bits per heavy atom. The number of amides is 3. The molecule has 0 aliphatic carbocycles. The third-order valence-corrected chi connectivity index (χ3v) is 6.80. The predicted molar refractivity (Wildman–Crippen MR) is 165 cm³/mol. The molecule has 2 aromatic heterocycles. The molecule has 4 aromatic rings. The molecule has 3 amide bonds. The SMILES string of the molecule is CC(=O)Nc1ccc(/C=C/C(=O)NCC(=O)N(C)c2ccc(Cl)c(COc3cccc4ccc(C)nc34)c2Cl)cn1.O. The molecule has 0 radical (unpaired) electrons. The van der Waals surface area contributed by atoms with Crippen LogP contribution in [0.5, 0.6) is 5.75 Å². The van der Waals surface area contributed by atoms with Crippen molar-refractivity contribution >= 4 is 69.4 Å². The monoisotopic (exact) mass is 609 g/mol. The van der Waals surface area contributed by atoms with E-state index in [0.29, 0.717) is 33.4 Å². The van der Waals surface area contributed by atoms with Crippen LogP contribution >= 0.6 is 23.2 Å². The first-order valence-corrected chi connectivity index (χ1v) is 13.3. The van der Waals surface area contributed by atoms with Crippen LogP contribution in [0.15, 0.2) is 66.9 Å². The van der Waals surface area contributed by atoms with Gasteiger partial charge in [-0.3, -0.25) is 14.4 Å². The van der Waals surface area contributed by atoms with Crippen LogP contribution in [0.3, 0.4) is 0 Å². The molecule has 0 bridgehead atoms. The lowest BCUT2D eigenvalue weighted by atomic mass is 10.1. The van der Waals surface area contributed by atoms with E-state index in [1.807, 2.05) is 37.3 Å². The van der Waals surface area contributed by atoms with Gasteiger partial charge < -0.3 is 25.7 Å². The average Bonchev–Trinajstić information content (AvgIpc) is 2.95. The Balaban J connectivity index is 0.00000484. The smallest absolute Gasteiger partial charge is 0.246 e. The van der Waals surface area contributed by atoms with Gasteiger partial charge in [0.25, 0.3) is 0 Å². The van der Waals surface area contributed by atoms with Crippen molar-refractivity contribution < 1.29 is 24.6 Å². The molecule has 0 fully saturated rings. The summed E-state index contributed by atoms with van der Waals surface area (Å²) in [4.78, 5) is 46.2. The molecule has 0 aliphatic rings. The van der Waals surface area contributed by atoms with Gasteiger partial charge in [0.15, 0.2) is 0 Å². The lowest BCUT2D eigenvalue weighted by Crippen LogP contribution is -2.37. The van der Waals surface area contributed by atoms with Crippen molar-refractivity contribution in [2.45, 2.75) is 20.5 Å². The minimum Gasteiger partial charge on any atom is -0.487 e.